The summed E-state index contributed by atoms with van der Waals surface area (Å²) in [5.74, 6) is -0.341. The van der Waals surface area contributed by atoms with Gasteiger partial charge in [0.2, 0.25) is 0 Å². The average molecular weight is 231 g/mol. The van der Waals surface area contributed by atoms with Gasteiger partial charge in [-0.25, -0.2) is 14.5 Å². The van der Waals surface area contributed by atoms with Gasteiger partial charge in [0, 0.05) is 5.39 Å². The minimum Gasteiger partial charge on any atom is -0.477 e. The lowest BCUT2D eigenvalue weighted by atomic mass is 10.2. The molecule has 1 unspecified atom stereocenters. The van der Waals surface area contributed by atoms with Gasteiger partial charge in [-0.1, -0.05) is 0 Å². The van der Waals surface area contributed by atoms with E-state index in [4.69, 9.17) is 5.11 Å². The summed E-state index contributed by atoms with van der Waals surface area (Å²) in [5.41, 5.74) is 0.742. The fourth-order valence-corrected chi connectivity index (χ4v) is 2.12. The lowest BCUT2D eigenvalue weighted by molar-refractivity contribution is 0.0691. The molecule has 2 heterocycles. The van der Waals surface area contributed by atoms with Crippen molar-refractivity contribution >= 4 is 17.0 Å². The van der Waals surface area contributed by atoms with Crippen molar-refractivity contribution in [2.75, 3.05) is 0 Å². The van der Waals surface area contributed by atoms with Gasteiger partial charge in [0.1, 0.15) is 0 Å². The standard InChI is InChI=1S/C12H13N3O2/c1-7(8-2-3-8)15-11-9(6-13-15)4-5-10(14-11)12(16)17/h4-8H,2-3H2,1H3,(H,16,17). The minimum atomic E-state index is -1.00. The van der Waals surface area contributed by atoms with Gasteiger partial charge in [-0.2, -0.15) is 5.10 Å². The molecule has 3 rings (SSSR count). The van der Waals surface area contributed by atoms with Crippen LogP contribution in [0.4, 0.5) is 0 Å². The normalized spacial score (nSPS) is 17.2. The highest BCUT2D eigenvalue weighted by atomic mass is 16.4. The van der Waals surface area contributed by atoms with E-state index in [1.807, 2.05) is 4.68 Å². The highest BCUT2D eigenvalue weighted by molar-refractivity contribution is 5.88. The van der Waals surface area contributed by atoms with Crippen LogP contribution < -0.4 is 0 Å². The topological polar surface area (TPSA) is 68.0 Å². The van der Waals surface area contributed by atoms with Crippen molar-refractivity contribution in [3.05, 3.63) is 24.0 Å². The first-order valence-corrected chi connectivity index (χ1v) is 5.74. The van der Waals surface area contributed by atoms with Gasteiger partial charge in [0.15, 0.2) is 11.3 Å². The van der Waals surface area contributed by atoms with Crippen LogP contribution >= 0.6 is 0 Å². The van der Waals surface area contributed by atoms with Gasteiger partial charge in [-0.05, 0) is 37.8 Å². The first-order chi connectivity index (χ1) is 8.16. The van der Waals surface area contributed by atoms with Crippen molar-refractivity contribution in [1.29, 1.82) is 0 Å². The van der Waals surface area contributed by atoms with E-state index >= 15 is 0 Å². The predicted octanol–water partition coefficient (Wildman–Crippen LogP) is 2.10. The quantitative estimate of drug-likeness (QED) is 0.878. The Balaban J connectivity index is 2.11. The van der Waals surface area contributed by atoms with Crippen molar-refractivity contribution in [3.8, 4) is 0 Å². The van der Waals surface area contributed by atoms with Gasteiger partial charge in [0.25, 0.3) is 0 Å². The van der Waals surface area contributed by atoms with Gasteiger partial charge in [-0.3, -0.25) is 0 Å². The molecule has 1 aliphatic carbocycles. The third kappa shape index (κ3) is 1.67. The molecule has 1 N–H and O–H groups in total. The molecular formula is C12H13N3O2. The maximum absolute atomic E-state index is 10.9. The molecule has 88 valence electrons. The molecule has 0 amide bonds. The maximum atomic E-state index is 10.9. The second-order valence-electron chi connectivity index (χ2n) is 4.58. The number of carbonyl (C=O) groups is 1. The number of rotatable bonds is 3. The van der Waals surface area contributed by atoms with Crippen LogP contribution in [-0.2, 0) is 0 Å². The molecule has 0 aromatic carbocycles. The minimum absolute atomic E-state index is 0.0715. The van der Waals surface area contributed by atoms with E-state index in [9.17, 15) is 4.79 Å². The molecule has 17 heavy (non-hydrogen) atoms. The molecule has 5 heteroatoms. The highest BCUT2D eigenvalue weighted by Gasteiger charge is 2.30. The molecule has 2 aromatic heterocycles. The van der Waals surface area contributed by atoms with E-state index in [1.54, 1.807) is 12.3 Å². The molecule has 1 atom stereocenters. The average Bonchev–Trinajstić information content (AvgIpc) is 3.07. The van der Waals surface area contributed by atoms with Gasteiger partial charge in [0.05, 0.1) is 12.2 Å². The van der Waals surface area contributed by atoms with Gasteiger partial charge >= 0.3 is 5.97 Å². The summed E-state index contributed by atoms with van der Waals surface area (Å²) in [5, 5.41) is 14.2. The Labute approximate surface area is 98.1 Å². The van der Waals surface area contributed by atoms with Crippen molar-refractivity contribution in [3.63, 3.8) is 0 Å². The molecule has 0 radical (unpaired) electrons. The fraction of sp³-hybridized carbons (Fsp3) is 0.417. The van der Waals surface area contributed by atoms with Crippen LogP contribution in [0.5, 0.6) is 0 Å². The van der Waals surface area contributed by atoms with E-state index in [1.165, 1.54) is 18.9 Å². The van der Waals surface area contributed by atoms with Crippen LogP contribution in [0.3, 0.4) is 0 Å². The van der Waals surface area contributed by atoms with Gasteiger partial charge in [-0.15, -0.1) is 0 Å². The summed E-state index contributed by atoms with van der Waals surface area (Å²) in [6.07, 6.45) is 4.19. The lowest BCUT2D eigenvalue weighted by Crippen LogP contribution is -2.10. The first kappa shape index (κ1) is 10.3. The zero-order valence-corrected chi connectivity index (χ0v) is 9.50. The summed E-state index contributed by atoms with van der Waals surface area (Å²) in [6, 6.07) is 3.57. The largest absolute Gasteiger partial charge is 0.477 e. The third-order valence-electron chi connectivity index (χ3n) is 3.35. The highest BCUT2D eigenvalue weighted by Crippen LogP contribution is 2.39. The second kappa shape index (κ2) is 3.55. The molecule has 1 saturated carbocycles. The molecule has 2 aromatic rings. The Morgan fingerprint density at radius 1 is 1.53 bits per heavy atom. The molecule has 1 fully saturated rings. The van der Waals surface area contributed by atoms with Crippen LogP contribution in [0, 0.1) is 5.92 Å². The Hall–Kier alpha value is -1.91. The summed E-state index contributed by atoms with van der Waals surface area (Å²) in [7, 11) is 0. The second-order valence-corrected chi connectivity index (χ2v) is 4.58. The van der Waals surface area contributed by atoms with Crippen LogP contribution in [0.25, 0.3) is 11.0 Å². The van der Waals surface area contributed by atoms with Crippen LogP contribution in [0.15, 0.2) is 18.3 Å². The van der Waals surface area contributed by atoms with Crippen LogP contribution in [-0.4, -0.2) is 25.8 Å². The van der Waals surface area contributed by atoms with E-state index < -0.39 is 5.97 Å². The third-order valence-corrected chi connectivity index (χ3v) is 3.35. The van der Waals surface area contributed by atoms with E-state index in [0.29, 0.717) is 17.6 Å². The first-order valence-electron chi connectivity index (χ1n) is 5.74. The number of hydrogen-bond donors (Lipinski definition) is 1. The smallest absolute Gasteiger partial charge is 0.354 e. The molecule has 5 nitrogen and oxygen atoms in total. The van der Waals surface area contributed by atoms with Crippen molar-refractivity contribution < 1.29 is 9.90 Å². The fourth-order valence-electron chi connectivity index (χ4n) is 2.12. The number of carboxylic acid groups (broad SMARTS) is 1. The van der Waals surface area contributed by atoms with Crippen LogP contribution in [0.1, 0.15) is 36.3 Å². The van der Waals surface area contributed by atoms with Crippen molar-refractivity contribution in [1.82, 2.24) is 14.8 Å². The predicted molar refractivity (Wildman–Crippen MR) is 61.9 cm³/mol. The Bertz CT molecular complexity index is 586. The Morgan fingerprint density at radius 2 is 2.29 bits per heavy atom. The molecule has 0 saturated heterocycles. The number of pyridine rings is 1. The number of hydrogen-bond acceptors (Lipinski definition) is 3. The zero-order valence-electron chi connectivity index (χ0n) is 9.50. The summed E-state index contributed by atoms with van der Waals surface area (Å²) < 4.78 is 1.85. The Morgan fingerprint density at radius 3 is 2.94 bits per heavy atom. The SMILES string of the molecule is CC(C1CC1)n1ncc2ccc(C(=O)O)nc21. The molecule has 1 aliphatic rings. The Kier molecular flexibility index (Phi) is 2.14. The number of fused-ring (bicyclic) bond motifs is 1. The van der Waals surface area contributed by atoms with E-state index in [2.05, 4.69) is 17.0 Å². The molecule has 0 spiro atoms. The molecule has 0 aliphatic heterocycles. The number of aromatic carboxylic acids is 1. The van der Waals surface area contributed by atoms with E-state index in [-0.39, 0.29) is 5.69 Å². The summed E-state index contributed by atoms with van der Waals surface area (Å²) >= 11 is 0. The summed E-state index contributed by atoms with van der Waals surface area (Å²) in [4.78, 5) is 15.1. The number of carboxylic acids is 1. The van der Waals surface area contributed by atoms with Crippen molar-refractivity contribution in [2.45, 2.75) is 25.8 Å². The maximum Gasteiger partial charge on any atom is 0.354 e. The zero-order chi connectivity index (χ0) is 12.0. The van der Waals surface area contributed by atoms with Crippen LogP contribution in [0.2, 0.25) is 0 Å². The monoisotopic (exact) mass is 231 g/mol. The van der Waals surface area contributed by atoms with Crippen molar-refractivity contribution in [2.24, 2.45) is 5.92 Å². The van der Waals surface area contributed by atoms with E-state index in [0.717, 1.165) is 5.39 Å². The van der Waals surface area contributed by atoms with Gasteiger partial charge < -0.3 is 5.11 Å². The number of aromatic nitrogens is 3. The number of nitrogens with zero attached hydrogens (tertiary/aromatic N) is 3. The lowest BCUT2D eigenvalue weighted by Gasteiger charge is -2.11. The molecular weight excluding hydrogens is 218 g/mol. The molecule has 0 bridgehead atoms. The summed E-state index contributed by atoms with van der Waals surface area (Å²) in [6.45, 7) is 2.11.